The molecule has 5 heteroatoms. The highest BCUT2D eigenvalue weighted by atomic mass is 19.1. The van der Waals surface area contributed by atoms with Crippen LogP contribution < -0.4 is 5.73 Å². The predicted octanol–water partition coefficient (Wildman–Crippen LogP) is 2.21. The van der Waals surface area contributed by atoms with Crippen LogP contribution in [0, 0.1) is 5.82 Å². The third kappa shape index (κ3) is 4.24. The average Bonchev–Trinajstić information content (AvgIpc) is 2.98. The quantitative estimate of drug-likeness (QED) is 0.907. The van der Waals surface area contributed by atoms with E-state index >= 15 is 0 Å². The second kappa shape index (κ2) is 7.76. The molecule has 0 bridgehead atoms. The molecule has 3 rings (SSSR count). The first kappa shape index (κ1) is 17.6. The summed E-state index contributed by atoms with van der Waals surface area (Å²) in [5.74, 6) is -0.0653. The largest absolute Gasteiger partial charge is 0.340 e. The normalized spacial score (nSPS) is 20.6. The minimum atomic E-state index is -0.283. The van der Waals surface area contributed by atoms with Crippen molar-refractivity contribution < 1.29 is 9.18 Å². The fraction of sp³-hybridized carbons (Fsp3) is 0.350. The molecule has 2 N–H and O–H groups in total. The van der Waals surface area contributed by atoms with E-state index in [-0.39, 0.29) is 30.2 Å². The van der Waals surface area contributed by atoms with Gasteiger partial charge in [0, 0.05) is 44.2 Å². The van der Waals surface area contributed by atoms with Crippen LogP contribution in [0.15, 0.2) is 54.6 Å². The van der Waals surface area contributed by atoms with Crippen molar-refractivity contribution in [3.05, 3.63) is 71.5 Å². The smallest absolute Gasteiger partial charge is 0.236 e. The van der Waals surface area contributed by atoms with Gasteiger partial charge >= 0.3 is 0 Å². The molecule has 1 aliphatic rings. The van der Waals surface area contributed by atoms with Crippen LogP contribution in [0.5, 0.6) is 0 Å². The second-order valence-electron chi connectivity index (χ2n) is 6.72. The number of hydrogen-bond acceptors (Lipinski definition) is 3. The molecular weight excluding hydrogens is 317 g/mol. The predicted molar refractivity (Wildman–Crippen MR) is 96.5 cm³/mol. The molecule has 0 aromatic heterocycles. The van der Waals surface area contributed by atoms with Gasteiger partial charge in [-0.05, 0) is 11.6 Å². The molecule has 4 nitrogen and oxygen atoms in total. The maximum absolute atomic E-state index is 13.7. The van der Waals surface area contributed by atoms with Crippen molar-refractivity contribution >= 4 is 5.91 Å². The molecule has 2 aromatic carbocycles. The summed E-state index contributed by atoms with van der Waals surface area (Å²) in [6, 6.07) is 16.7. The maximum Gasteiger partial charge on any atom is 0.236 e. The number of carbonyl (C=O) groups excluding carboxylic acids is 1. The Hall–Kier alpha value is -2.24. The molecule has 2 atom stereocenters. The van der Waals surface area contributed by atoms with Gasteiger partial charge in [0.15, 0.2) is 0 Å². The molecule has 0 saturated carbocycles. The lowest BCUT2D eigenvalue weighted by Crippen LogP contribution is -2.38. The molecule has 0 unspecified atom stereocenters. The van der Waals surface area contributed by atoms with E-state index in [0.717, 1.165) is 6.54 Å². The summed E-state index contributed by atoms with van der Waals surface area (Å²) in [6.45, 7) is 2.04. The molecule has 0 aliphatic carbocycles. The van der Waals surface area contributed by atoms with Gasteiger partial charge in [-0.1, -0.05) is 48.5 Å². The molecular formula is C20H24FN3O. The summed E-state index contributed by atoms with van der Waals surface area (Å²) in [5.41, 5.74) is 8.02. The van der Waals surface area contributed by atoms with Gasteiger partial charge in [0.25, 0.3) is 0 Å². The summed E-state index contributed by atoms with van der Waals surface area (Å²) in [6.07, 6.45) is 0. The molecule has 1 amide bonds. The van der Waals surface area contributed by atoms with Crippen molar-refractivity contribution in [1.82, 2.24) is 9.80 Å². The van der Waals surface area contributed by atoms with E-state index in [9.17, 15) is 9.18 Å². The standard InChI is InChI=1S/C20H24FN3O/c1-23(11-16-9-5-6-10-18(16)21)20(25)14-24-12-17(19(22)13-24)15-7-3-2-4-8-15/h2-10,17,19H,11-14,22H2,1H3/t17-,19+/m0/s1. The number of likely N-dealkylation sites (tertiary alicyclic amines) is 1. The average molecular weight is 341 g/mol. The lowest BCUT2D eigenvalue weighted by molar-refractivity contribution is -0.131. The minimum Gasteiger partial charge on any atom is -0.340 e. The molecule has 1 aliphatic heterocycles. The van der Waals surface area contributed by atoms with E-state index in [0.29, 0.717) is 18.7 Å². The van der Waals surface area contributed by atoms with Crippen molar-refractivity contribution in [2.45, 2.75) is 18.5 Å². The number of carbonyl (C=O) groups is 1. The van der Waals surface area contributed by atoms with Crippen LogP contribution in [0.25, 0.3) is 0 Å². The van der Waals surface area contributed by atoms with Gasteiger partial charge in [0.2, 0.25) is 5.91 Å². The number of likely N-dealkylation sites (N-methyl/N-ethyl adjacent to an activating group) is 1. The van der Waals surface area contributed by atoms with E-state index in [1.165, 1.54) is 11.6 Å². The number of nitrogens with zero attached hydrogens (tertiary/aromatic N) is 2. The van der Waals surface area contributed by atoms with Crippen LogP contribution in [0.2, 0.25) is 0 Å². The Morgan fingerprint density at radius 3 is 2.56 bits per heavy atom. The van der Waals surface area contributed by atoms with Gasteiger partial charge in [-0.2, -0.15) is 0 Å². The summed E-state index contributed by atoms with van der Waals surface area (Å²) < 4.78 is 13.7. The number of amides is 1. The highest BCUT2D eigenvalue weighted by Gasteiger charge is 2.32. The SMILES string of the molecule is CN(Cc1ccccc1F)C(=O)CN1C[C@@H](N)[C@H](c2ccccc2)C1. The number of nitrogens with two attached hydrogens (primary N) is 1. The van der Waals surface area contributed by atoms with Gasteiger partial charge < -0.3 is 10.6 Å². The highest BCUT2D eigenvalue weighted by Crippen LogP contribution is 2.26. The Kier molecular flexibility index (Phi) is 5.46. The summed E-state index contributed by atoms with van der Waals surface area (Å²) >= 11 is 0. The zero-order valence-corrected chi connectivity index (χ0v) is 14.4. The van der Waals surface area contributed by atoms with Gasteiger partial charge in [-0.25, -0.2) is 4.39 Å². The van der Waals surface area contributed by atoms with Gasteiger partial charge in [0.05, 0.1) is 6.54 Å². The van der Waals surface area contributed by atoms with Crippen LogP contribution in [-0.4, -0.2) is 48.4 Å². The molecule has 132 valence electrons. The first-order chi connectivity index (χ1) is 12.0. The topological polar surface area (TPSA) is 49.6 Å². The fourth-order valence-corrected chi connectivity index (χ4v) is 3.38. The molecule has 1 heterocycles. The fourth-order valence-electron chi connectivity index (χ4n) is 3.38. The Morgan fingerprint density at radius 1 is 1.16 bits per heavy atom. The number of hydrogen-bond donors (Lipinski definition) is 1. The van der Waals surface area contributed by atoms with E-state index in [1.54, 1.807) is 30.1 Å². The van der Waals surface area contributed by atoms with Crippen LogP contribution in [0.1, 0.15) is 17.0 Å². The molecule has 1 saturated heterocycles. The number of benzene rings is 2. The van der Waals surface area contributed by atoms with Gasteiger partial charge in [-0.3, -0.25) is 9.69 Å². The van der Waals surface area contributed by atoms with Crippen molar-refractivity contribution in [2.75, 3.05) is 26.7 Å². The summed E-state index contributed by atoms with van der Waals surface area (Å²) in [5, 5.41) is 0. The third-order valence-corrected chi connectivity index (χ3v) is 4.82. The van der Waals surface area contributed by atoms with E-state index < -0.39 is 0 Å². The Labute approximate surface area is 148 Å². The molecule has 2 aromatic rings. The van der Waals surface area contributed by atoms with Crippen LogP contribution in [0.4, 0.5) is 4.39 Å². The van der Waals surface area contributed by atoms with Crippen LogP contribution >= 0.6 is 0 Å². The number of rotatable bonds is 5. The van der Waals surface area contributed by atoms with Crippen molar-refractivity contribution in [1.29, 1.82) is 0 Å². The summed E-state index contributed by atoms with van der Waals surface area (Å²) in [7, 11) is 1.71. The van der Waals surface area contributed by atoms with Crippen LogP contribution in [-0.2, 0) is 11.3 Å². The zero-order chi connectivity index (χ0) is 17.8. The lowest BCUT2D eigenvalue weighted by Gasteiger charge is -2.22. The molecule has 0 spiro atoms. The highest BCUT2D eigenvalue weighted by molar-refractivity contribution is 5.78. The zero-order valence-electron chi connectivity index (χ0n) is 14.4. The first-order valence-corrected chi connectivity index (χ1v) is 8.55. The number of halogens is 1. The van der Waals surface area contributed by atoms with Gasteiger partial charge in [0.1, 0.15) is 5.82 Å². The Bertz CT molecular complexity index is 722. The Morgan fingerprint density at radius 2 is 1.84 bits per heavy atom. The first-order valence-electron chi connectivity index (χ1n) is 8.55. The van der Waals surface area contributed by atoms with Gasteiger partial charge in [-0.15, -0.1) is 0 Å². The van der Waals surface area contributed by atoms with E-state index in [2.05, 4.69) is 17.0 Å². The molecule has 1 fully saturated rings. The molecule has 25 heavy (non-hydrogen) atoms. The van der Waals surface area contributed by atoms with Crippen molar-refractivity contribution in [3.63, 3.8) is 0 Å². The van der Waals surface area contributed by atoms with Crippen LogP contribution in [0.3, 0.4) is 0 Å². The van der Waals surface area contributed by atoms with E-state index in [1.807, 2.05) is 18.2 Å². The van der Waals surface area contributed by atoms with Crippen molar-refractivity contribution in [3.8, 4) is 0 Å². The Balaban J connectivity index is 1.57. The second-order valence-corrected chi connectivity index (χ2v) is 6.72. The monoisotopic (exact) mass is 341 g/mol. The molecule has 0 radical (unpaired) electrons. The minimum absolute atomic E-state index is 0.0204. The van der Waals surface area contributed by atoms with E-state index in [4.69, 9.17) is 5.73 Å². The lowest BCUT2D eigenvalue weighted by atomic mass is 9.95. The van der Waals surface area contributed by atoms with Crippen molar-refractivity contribution in [2.24, 2.45) is 5.73 Å². The third-order valence-electron chi connectivity index (χ3n) is 4.82. The maximum atomic E-state index is 13.7. The summed E-state index contributed by atoms with van der Waals surface area (Å²) in [4.78, 5) is 16.1.